The SMILES string of the molecule is NCc1c(Cl)cccc1OCC(=O)N1CCCC1. The number of hydrogen-bond acceptors (Lipinski definition) is 3. The Labute approximate surface area is 112 Å². The van der Waals surface area contributed by atoms with Crippen LogP contribution in [0.15, 0.2) is 18.2 Å². The van der Waals surface area contributed by atoms with Gasteiger partial charge in [0, 0.05) is 30.2 Å². The first-order valence-corrected chi connectivity index (χ1v) is 6.48. The number of nitrogens with two attached hydrogens (primary N) is 1. The van der Waals surface area contributed by atoms with Gasteiger partial charge in [0.05, 0.1) is 0 Å². The van der Waals surface area contributed by atoms with Crippen LogP contribution in [0.25, 0.3) is 0 Å². The Morgan fingerprint density at radius 1 is 1.39 bits per heavy atom. The van der Waals surface area contributed by atoms with Gasteiger partial charge in [0.1, 0.15) is 5.75 Å². The molecule has 1 aliphatic rings. The predicted molar refractivity (Wildman–Crippen MR) is 70.7 cm³/mol. The van der Waals surface area contributed by atoms with E-state index in [0.717, 1.165) is 31.5 Å². The number of benzene rings is 1. The van der Waals surface area contributed by atoms with Crippen LogP contribution in [0.5, 0.6) is 5.75 Å². The quantitative estimate of drug-likeness (QED) is 0.906. The monoisotopic (exact) mass is 268 g/mol. The van der Waals surface area contributed by atoms with E-state index in [9.17, 15) is 4.79 Å². The van der Waals surface area contributed by atoms with Crippen molar-refractivity contribution in [3.63, 3.8) is 0 Å². The molecular weight excluding hydrogens is 252 g/mol. The van der Waals surface area contributed by atoms with Crippen LogP contribution in [0.2, 0.25) is 5.02 Å². The maximum Gasteiger partial charge on any atom is 0.260 e. The molecule has 0 bridgehead atoms. The zero-order chi connectivity index (χ0) is 13.0. The second kappa shape index (κ2) is 6.07. The zero-order valence-corrected chi connectivity index (χ0v) is 10.9. The molecule has 0 spiro atoms. The molecule has 0 unspecified atom stereocenters. The second-order valence-electron chi connectivity index (χ2n) is 4.30. The van der Waals surface area contributed by atoms with Gasteiger partial charge in [-0.1, -0.05) is 17.7 Å². The van der Waals surface area contributed by atoms with Gasteiger partial charge in [0.25, 0.3) is 5.91 Å². The lowest BCUT2D eigenvalue weighted by Crippen LogP contribution is -2.32. The van der Waals surface area contributed by atoms with Crippen LogP contribution in [-0.2, 0) is 11.3 Å². The average molecular weight is 269 g/mol. The molecule has 1 aromatic carbocycles. The Hall–Kier alpha value is -1.26. The summed E-state index contributed by atoms with van der Waals surface area (Å²) in [4.78, 5) is 13.7. The van der Waals surface area contributed by atoms with Gasteiger partial charge >= 0.3 is 0 Å². The summed E-state index contributed by atoms with van der Waals surface area (Å²) in [6.45, 7) is 2.02. The van der Waals surface area contributed by atoms with Crippen LogP contribution >= 0.6 is 11.6 Å². The van der Waals surface area contributed by atoms with E-state index in [2.05, 4.69) is 0 Å². The predicted octanol–water partition coefficient (Wildman–Crippen LogP) is 1.80. The highest BCUT2D eigenvalue weighted by atomic mass is 35.5. The van der Waals surface area contributed by atoms with Crippen molar-refractivity contribution in [2.24, 2.45) is 5.73 Å². The van der Waals surface area contributed by atoms with Crippen molar-refractivity contribution in [2.75, 3.05) is 19.7 Å². The van der Waals surface area contributed by atoms with Gasteiger partial charge in [-0.15, -0.1) is 0 Å². The lowest BCUT2D eigenvalue weighted by atomic mass is 10.2. The van der Waals surface area contributed by atoms with Gasteiger partial charge in [-0.25, -0.2) is 0 Å². The molecule has 4 nitrogen and oxygen atoms in total. The van der Waals surface area contributed by atoms with Crippen molar-refractivity contribution in [3.8, 4) is 5.75 Å². The van der Waals surface area contributed by atoms with Crippen LogP contribution < -0.4 is 10.5 Å². The minimum absolute atomic E-state index is 0.0236. The number of hydrogen-bond donors (Lipinski definition) is 1. The average Bonchev–Trinajstić information content (AvgIpc) is 2.90. The first kappa shape index (κ1) is 13.2. The van der Waals surface area contributed by atoms with E-state index >= 15 is 0 Å². The maximum absolute atomic E-state index is 11.8. The van der Waals surface area contributed by atoms with E-state index in [-0.39, 0.29) is 12.5 Å². The van der Waals surface area contributed by atoms with Crippen molar-refractivity contribution in [2.45, 2.75) is 19.4 Å². The molecule has 1 amide bonds. The molecule has 0 aliphatic carbocycles. The van der Waals surface area contributed by atoms with Gasteiger partial charge in [-0.3, -0.25) is 4.79 Å². The normalized spacial score (nSPS) is 14.9. The van der Waals surface area contributed by atoms with Gasteiger partial charge in [0.15, 0.2) is 6.61 Å². The van der Waals surface area contributed by atoms with Gasteiger partial charge in [0.2, 0.25) is 0 Å². The molecule has 0 saturated carbocycles. The Kier molecular flexibility index (Phi) is 4.44. The molecule has 98 valence electrons. The third-order valence-corrected chi connectivity index (χ3v) is 3.44. The Balaban J connectivity index is 1.97. The first-order valence-electron chi connectivity index (χ1n) is 6.10. The number of likely N-dealkylation sites (tertiary alicyclic amines) is 1. The lowest BCUT2D eigenvalue weighted by molar-refractivity contribution is -0.132. The molecule has 1 aromatic rings. The maximum atomic E-state index is 11.8. The van der Waals surface area contributed by atoms with Crippen molar-refractivity contribution >= 4 is 17.5 Å². The van der Waals surface area contributed by atoms with E-state index in [4.69, 9.17) is 22.1 Å². The number of amides is 1. The first-order chi connectivity index (χ1) is 8.72. The summed E-state index contributed by atoms with van der Waals surface area (Å²) < 4.78 is 5.53. The minimum atomic E-state index is 0.0236. The number of nitrogens with zero attached hydrogens (tertiary/aromatic N) is 1. The summed E-state index contributed by atoms with van der Waals surface area (Å²) in [5.41, 5.74) is 6.36. The Bertz CT molecular complexity index is 431. The van der Waals surface area contributed by atoms with Crippen LogP contribution in [0.1, 0.15) is 18.4 Å². The van der Waals surface area contributed by atoms with Crippen molar-refractivity contribution in [1.29, 1.82) is 0 Å². The van der Waals surface area contributed by atoms with E-state index in [1.807, 2.05) is 4.90 Å². The third-order valence-electron chi connectivity index (χ3n) is 3.09. The molecule has 18 heavy (non-hydrogen) atoms. The highest BCUT2D eigenvalue weighted by Gasteiger charge is 2.18. The number of ether oxygens (including phenoxy) is 1. The van der Waals surface area contributed by atoms with Crippen LogP contribution in [0.3, 0.4) is 0 Å². The van der Waals surface area contributed by atoms with E-state index in [1.54, 1.807) is 18.2 Å². The second-order valence-corrected chi connectivity index (χ2v) is 4.70. The number of carbonyl (C=O) groups is 1. The summed E-state index contributed by atoms with van der Waals surface area (Å²) in [7, 11) is 0. The Morgan fingerprint density at radius 2 is 2.11 bits per heavy atom. The third kappa shape index (κ3) is 2.94. The molecule has 0 radical (unpaired) electrons. The largest absolute Gasteiger partial charge is 0.483 e. The minimum Gasteiger partial charge on any atom is -0.483 e. The van der Waals surface area contributed by atoms with E-state index in [0.29, 0.717) is 17.3 Å². The molecular formula is C13H17ClN2O2. The summed E-state index contributed by atoms with van der Waals surface area (Å²) in [6.07, 6.45) is 2.16. The van der Waals surface area contributed by atoms with Crippen molar-refractivity contribution in [3.05, 3.63) is 28.8 Å². The van der Waals surface area contributed by atoms with E-state index < -0.39 is 0 Å². The van der Waals surface area contributed by atoms with Crippen molar-refractivity contribution < 1.29 is 9.53 Å². The van der Waals surface area contributed by atoms with Crippen LogP contribution in [-0.4, -0.2) is 30.5 Å². The fraction of sp³-hybridized carbons (Fsp3) is 0.462. The van der Waals surface area contributed by atoms with Gasteiger partial charge in [-0.05, 0) is 25.0 Å². The molecule has 0 aromatic heterocycles. The lowest BCUT2D eigenvalue weighted by Gasteiger charge is -2.16. The summed E-state index contributed by atoms with van der Waals surface area (Å²) in [6, 6.07) is 5.33. The number of carbonyl (C=O) groups excluding carboxylic acids is 1. The summed E-state index contributed by atoms with van der Waals surface area (Å²) in [5, 5.41) is 0.573. The molecule has 1 heterocycles. The topological polar surface area (TPSA) is 55.6 Å². The molecule has 2 rings (SSSR count). The van der Waals surface area contributed by atoms with Crippen LogP contribution in [0.4, 0.5) is 0 Å². The van der Waals surface area contributed by atoms with Crippen LogP contribution in [0, 0.1) is 0 Å². The number of halogens is 1. The zero-order valence-electron chi connectivity index (χ0n) is 10.2. The Morgan fingerprint density at radius 3 is 2.78 bits per heavy atom. The highest BCUT2D eigenvalue weighted by Crippen LogP contribution is 2.25. The fourth-order valence-electron chi connectivity index (χ4n) is 2.07. The van der Waals surface area contributed by atoms with Gasteiger partial charge < -0.3 is 15.4 Å². The van der Waals surface area contributed by atoms with E-state index in [1.165, 1.54) is 0 Å². The van der Waals surface area contributed by atoms with Gasteiger partial charge in [-0.2, -0.15) is 0 Å². The molecule has 1 aliphatic heterocycles. The smallest absolute Gasteiger partial charge is 0.260 e. The fourth-order valence-corrected chi connectivity index (χ4v) is 2.31. The molecule has 5 heteroatoms. The number of rotatable bonds is 4. The highest BCUT2D eigenvalue weighted by molar-refractivity contribution is 6.31. The standard InChI is InChI=1S/C13H17ClN2O2/c14-11-4-3-5-12(10(11)8-15)18-9-13(17)16-6-1-2-7-16/h3-5H,1-2,6-9,15H2. The molecule has 1 saturated heterocycles. The summed E-state index contributed by atoms with van der Waals surface area (Å²) in [5.74, 6) is 0.619. The molecule has 0 atom stereocenters. The van der Waals surface area contributed by atoms with Crippen molar-refractivity contribution in [1.82, 2.24) is 4.90 Å². The molecule has 1 fully saturated rings. The molecule has 2 N–H and O–H groups in total. The summed E-state index contributed by atoms with van der Waals surface area (Å²) >= 11 is 6.02.